The summed E-state index contributed by atoms with van der Waals surface area (Å²) >= 11 is 0. The van der Waals surface area contributed by atoms with Crippen LogP contribution in [0.4, 0.5) is 0 Å². The van der Waals surface area contributed by atoms with Crippen LogP contribution in [0, 0.1) is 11.8 Å². The van der Waals surface area contributed by atoms with Crippen molar-refractivity contribution in [1.29, 1.82) is 0 Å². The van der Waals surface area contributed by atoms with Crippen molar-refractivity contribution in [3.05, 3.63) is 0 Å². The molecule has 0 saturated carbocycles. The molecule has 1 aliphatic rings. The van der Waals surface area contributed by atoms with Crippen LogP contribution in [-0.2, 0) is 4.79 Å². The summed E-state index contributed by atoms with van der Waals surface area (Å²) in [5.41, 5.74) is 5.37. The minimum atomic E-state index is -0.523. The molecule has 0 aliphatic carbocycles. The van der Waals surface area contributed by atoms with Gasteiger partial charge in [-0.15, -0.1) is 0 Å². The Morgan fingerprint density at radius 2 is 2.36 bits per heavy atom. The molecule has 5 heteroatoms. The van der Waals surface area contributed by atoms with Gasteiger partial charge in [-0.05, 0) is 19.3 Å². The largest absolute Gasteiger partial charge is 0.409 e. The van der Waals surface area contributed by atoms with E-state index in [-0.39, 0.29) is 11.7 Å². The first-order valence-corrected chi connectivity index (χ1v) is 4.82. The van der Waals surface area contributed by atoms with Gasteiger partial charge in [0.05, 0.1) is 5.92 Å². The molecule has 2 unspecified atom stereocenters. The summed E-state index contributed by atoms with van der Waals surface area (Å²) in [5.74, 6) is -0.0389. The summed E-state index contributed by atoms with van der Waals surface area (Å²) < 4.78 is 0. The Morgan fingerprint density at radius 1 is 1.71 bits per heavy atom. The highest BCUT2D eigenvalue weighted by Gasteiger charge is 2.28. The van der Waals surface area contributed by atoms with Crippen molar-refractivity contribution in [2.24, 2.45) is 22.7 Å². The van der Waals surface area contributed by atoms with E-state index in [0.717, 1.165) is 19.5 Å². The van der Waals surface area contributed by atoms with Crippen LogP contribution < -0.4 is 5.73 Å². The average molecular weight is 199 g/mol. The zero-order valence-electron chi connectivity index (χ0n) is 8.60. The van der Waals surface area contributed by atoms with Crippen LogP contribution in [0.2, 0.25) is 0 Å². The van der Waals surface area contributed by atoms with Gasteiger partial charge in [0, 0.05) is 13.1 Å². The van der Waals surface area contributed by atoms with Gasteiger partial charge in [-0.1, -0.05) is 12.1 Å². The molecule has 1 aliphatic heterocycles. The van der Waals surface area contributed by atoms with Crippen molar-refractivity contribution < 1.29 is 10.0 Å². The van der Waals surface area contributed by atoms with E-state index in [0.29, 0.717) is 5.92 Å². The van der Waals surface area contributed by atoms with Crippen molar-refractivity contribution in [3.63, 3.8) is 0 Å². The molecule has 0 bridgehead atoms. The molecule has 1 amide bonds. The number of nitrogens with zero attached hydrogens (tertiary/aromatic N) is 2. The zero-order chi connectivity index (χ0) is 10.7. The zero-order valence-corrected chi connectivity index (χ0v) is 8.60. The first-order valence-electron chi connectivity index (χ1n) is 4.82. The van der Waals surface area contributed by atoms with Gasteiger partial charge in [0.2, 0.25) is 5.91 Å². The van der Waals surface area contributed by atoms with E-state index in [1.54, 1.807) is 11.8 Å². The highest BCUT2D eigenvalue weighted by atomic mass is 16.4. The fourth-order valence-corrected chi connectivity index (χ4v) is 1.62. The van der Waals surface area contributed by atoms with E-state index in [9.17, 15) is 4.79 Å². The number of hydrogen-bond donors (Lipinski definition) is 2. The minimum Gasteiger partial charge on any atom is -0.409 e. The van der Waals surface area contributed by atoms with E-state index in [2.05, 4.69) is 12.1 Å². The van der Waals surface area contributed by atoms with Crippen LogP contribution in [0.1, 0.15) is 20.3 Å². The Labute approximate surface area is 83.6 Å². The molecule has 0 radical (unpaired) electrons. The monoisotopic (exact) mass is 199 g/mol. The molecule has 14 heavy (non-hydrogen) atoms. The number of nitrogens with two attached hydrogens (primary N) is 1. The summed E-state index contributed by atoms with van der Waals surface area (Å²) in [6.45, 7) is 5.33. The van der Waals surface area contributed by atoms with Gasteiger partial charge in [0.15, 0.2) is 5.84 Å². The van der Waals surface area contributed by atoms with Gasteiger partial charge in [0.25, 0.3) is 0 Å². The van der Waals surface area contributed by atoms with Crippen molar-refractivity contribution >= 4 is 11.7 Å². The summed E-state index contributed by atoms with van der Waals surface area (Å²) in [6, 6.07) is 0. The molecule has 0 aromatic carbocycles. The van der Waals surface area contributed by atoms with Gasteiger partial charge in [-0.3, -0.25) is 4.79 Å². The van der Waals surface area contributed by atoms with Crippen molar-refractivity contribution in [3.8, 4) is 0 Å². The number of rotatable bonds is 2. The molecular formula is C9H17N3O2. The maximum atomic E-state index is 11.7. The highest BCUT2D eigenvalue weighted by molar-refractivity contribution is 6.01. The molecule has 0 aromatic heterocycles. The Kier molecular flexibility index (Phi) is 3.33. The number of oxime groups is 1. The summed E-state index contributed by atoms with van der Waals surface area (Å²) in [4.78, 5) is 13.5. The fraction of sp³-hybridized carbons (Fsp3) is 0.778. The number of amides is 1. The van der Waals surface area contributed by atoms with Gasteiger partial charge in [0.1, 0.15) is 0 Å². The summed E-state index contributed by atoms with van der Waals surface area (Å²) in [5, 5.41) is 11.3. The molecule has 1 saturated heterocycles. The van der Waals surface area contributed by atoms with Crippen molar-refractivity contribution in [2.45, 2.75) is 20.3 Å². The lowest BCUT2D eigenvalue weighted by Crippen LogP contribution is -2.39. The topological polar surface area (TPSA) is 78.9 Å². The van der Waals surface area contributed by atoms with E-state index in [4.69, 9.17) is 10.9 Å². The third-order valence-corrected chi connectivity index (χ3v) is 2.67. The second-order valence-corrected chi connectivity index (χ2v) is 3.92. The van der Waals surface area contributed by atoms with E-state index in [1.165, 1.54) is 0 Å². The van der Waals surface area contributed by atoms with Crippen LogP contribution >= 0.6 is 0 Å². The molecule has 80 valence electrons. The molecule has 3 N–H and O–H groups in total. The number of carbonyl (C=O) groups is 1. The van der Waals surface area contributed by atoms with Crippen LogP contribution in [0.15, 0.2) is 5.16 Å². The van der Waals surface area contributed by atoms with E-state index in [1.807, 2.05) is 0 Å². The van der Waals surface area contributed by atoms with Gasteiger partial charge in [-0.2, -0.15) is 0 Å². The van der Waals surface area contributed by atoms with Gasteiger partial charge < -0.3 is 15.8 Å². The van der Waals surface area contributed by atoms with Crippen LogP contribution in [0.25, 0.3) is 0 Å². The quantitative estimate of drug-likeness (QED) is 0.289. The van der Waals surface area contributed by atoms with Crippen molar-refractivity contribution in [1.82, 2.24) is 4.90 Å². The van der Waals surface area contributed by atoms with E-state index < -0.39 is 5.92 Å². The maximum Gasteiger partial charge on any atom is 0.233 e. The van der Waals surface area contributed by atoms with Crippen LogP contribution in [0.5, 0.6) is 0 Å². The molecule has 1 fully saturated rings. The normalized spacial score (nSPS) is 25.1. The maximum absolute atomic E-state index is 11.7. The first-order chi connectivity index (χ1) is 6.56. The minimum absolute atomic E-state index is 0.0189. The summed E-state index contributed by atoms with van der Waals surface area (Å²) in [7, 11) is 0. The molecule has 0 spiro atoms. The van der Waals surface area contributed by atoms with E-state index >= 15 is 0 Å². The molecule has 0 aromatic rings. The number of amidine groups is 1. The Bertz CT molecular complexity index is 252. The lowest BCUT2D eigenvalue weighted by Gasteiger charge is -2.19. The molecule has 1 rings (SSSR count). The smallest absolute Gasteiger partial charge is 0.233 e. The number of hydrogen-bond acceptors (Lipinski definition) is 3. The molecular weight excluding hydrogens is 182 g/mol. The fourth-order valence-electron chi connectivity index (χ4n) is 1.62. The first kappa shape index (κ1) is 10.8. The lowest BCUT2D eigenvalue weighted by atomic mass is 10.1. The third-order valence-electron chi connectivity index (χ3n) is 2.67. The van der Waals surface area contributed by atoms with Crippen LogP contribution in [-0.4, -0.2) is 34.9 Å². The van der Waals surface area contributed by atoms with Gasteiger partial charge >= 0.3 is 0 Å². The number of carbonyl (C=O) groups excluding carboxylic acids is 1. The molecule has 5 nitrogen and oxygen atoms in total. The molecule has 1 heterocycles. The Morgan fingerprint density at radius 3 is 2.79 bits per heavy atom. The second kappa shape index (κ2) is 4.30. The number of likely N-dealkylation sites (tertiary alicyclic amines) is 1. The Hall–Kier alpha value is -1.26. The second-order valence-electron chi connectivity index (χ2n) is 3.92. The predicted molar refractivity (Wildman–Crippen MR) is 52.9 cm³/mol. The van der Waals surface area contributed by atoms with Crippen LogP contribution in [0.3, 0.4) is 0 Å². The highest BCUT2D eigenvalue weighted by Crippen LogP contribution is 2.17. The third kappa shape index (κ3) is 2.16. The Balaban J connectivity index is 2.57. The van der Waals surface area contributed by atoms with Gasteiger partial charge in [-0.25, -0.2) is 0 Å². The predicted octanol–water partition coefficient (Wildman–Crippen LogP) is 0.237. The summed E-state index contributed by atoms with van der Waals surface area (Å²) in [6.07, 6.45) is 1.04. The SMILES string of the molecule is CC1CCN(C(=O)C(C)/C(N)=N/O)C1. The standard InChI is InChI=1S/C9H17N3O2/c1-6-3-4-12(5-6)9(13)7(2)8(10)11-14/h6-7,14H,3-5H2,1-2H3,(H2,10,11). The molecule has 2 atom stereocenters. The lowest BCUT2D eigenvalue weighted by molar-refractivity contribution is -0.132. The van der Waals surface area contributed by atoms with Crippen molar-refractivity contribution in [2.75, 3.05) is 13.1 Å². The average Bonchev–Trinajstić information content (AvgIpc) is 2.61.